The van der Waals surface area contributed by atoms with E-state index in [-0.39, 0.29) is 0 Å². The maximum absolute atomic E-state index is 12.3. The molecule has 2 fully saturated rings. The summed E-state index contributed by atoms with van der Waals surface area (Å²) in [6, 6.07) is 0. The Balaban J connectivity index is 1.63. The summed E-state index contributed by atoms with van der Waals surface area (Å²) < 4.78 is 0. The molecule has 1 N–H and O–H groups in total. The van der Waals surface area contributed by atoms with E-state index in [1.165, 1.54) is 51.4 Å². The molecule has 1 saturated heterocycles. The summed E-state index contributed by atoms with van der Waals surface area (Å²) in [6.45, 7) is 3.01. The largest absolute Gasteiger partial charge is 0.342 e. The van der Waals surface area contributed by atoms with Gasteiger partial charge < -0.3 is 10.2 Å². The Morgan fingerprint density at radius 3 is 2.60 bits per heavy atom. The lowest BCUT2D eigenvalue weighted by atomic mass is 9.86. The van der Waals surface area contributed by atoms with Gasteiger partial charge in [0.1, 0.15) is 0 Å². The number of carbonyl (C=O) groups excluding carboxylic acids is 1. The first-order valence-electron chi connectivity index (χ1n) is 8.72. The molecule has 1 unspecified atom stereocenters. The molecular weight excluding hydrogens is 248 g/mol. The van der Waals surface area contributed by atoms with Crippen LogP contribution in [0.4, 0.5) is 0 Å². The predicted molar refractivity (Wildman–Crippen MR) is 83.7 cm³/mol. The summed E-state index contributed by atoms with van der Waals surface area (Å²) in [5, 5.41) is 3.25. The number of piperidine rings is 1. The van der Waals surface area contributed by atoms with Gasteiger partial charge in [0.2, 0.25) is 5.91 Å². The highest BCUT2D eigenvalue weighted by atomic mass is 16.2. The fourth-order valence-electron chi connectivity index (χ4n) is 3.92. The molecule has 20 heavy (non-hydrogen) atoms. The third-order valence-corrected chi connectivity index (χ3v) is 5.09. The Morgan fingerprint density at radius 1 is 1.10 bits per heavy atom. The summed E-state index contributed by atoms with van der Waals surface area (Å²) >= 11 is 0. The molecule has 1 aliphatic heterocycles. The van der Waals surface area contributed by atoms with Gasteiger partial charge in [0.25, 0.3) is 0 Å². The average molecular weight is 280 g/mol. The highest BCUT2D eigenvalue weighted by Crippen LogP contribution is 2.28. The molecule has 0 radical (unpaired) electrons. The van der Waals surface area contributed by atoms with E-state index in [9.17, 15) is 4.79 Å². The van der Waals surface area contributed by atoms with Crippen LogP contribution in [0.3, 0.4) is 0 Å². The van der Waals surface area contributed by atoms with Crippen molar-refractivity contribution in [1.29, 1.82) is 0 Å². The van der Waals surface area contributed by atoms with Crippen molar-refractivity contribution in [3.63, 3.8) is 0 Å². The molecule has 0 aromatic carbocycles. The Morgan fingerprint density at radius 2 is 1.85 bits per heavy atom. The van der Waals surface area contributed by atoms with Crippen LogP contribution < -0.4 is 5.32 Å². The van der Waals surface area contributed by atoms with E-state index in [1.807, 2.05) is 7.05 Å². The number of likely N-dealkylation sites (tertiary alicyclic amines) is 1. The van der Waals surface area contributed by atoms with Gasteiger partial charge in [-0.25, -0.2) is 0 Å². The number of nitrogens with zero attached hydrogens (tertiary/aromatic N) is 1. The smallest absolute Gasteiger partial charge is 0.222 e. The molecule has 3 heteroatoms. The lowest BCUT2D eigenvalue weighted by molar-refractivity contribution is -0.133. The first kappa shape index (κ1) is 15.8. The summed E-state index contributed by atoms with van der Waals surface area (Å²) in [5.74, 6) is 1.98. The van der Waals surface area contributed by atoms with Crippen LogP contribution in [0.15, 0.2) is 0 Å². The fraction of sp³-hybridized carbons (Fsp3) is 0.941. The van der Waals surface area contributed by atoms with Gasteiger partial charge in [-0.2, -0.15) is 0 Å². The monoisotopic (exact) mass is 280 g/mol. The van der Waals surface area contributed by atoms with Gasteiger partial charge in [0, 0.05) is 19.5 Å². The highest BCUT2D eigenvalue weighted by molar-refractivity contribution is 5.76. The quantitative estimate of drug-likeness (QED) is 0.810. The SMILES string of the molecule is CNCC1CCCN(C(=O)CCCC2CCCCC2)C1. The van der Waals surface area contributed by atoms with Gasteiger partial charge in [-0.3, -0.25) is 4.79 Å². The normalized spacial score (nSPS) is 24.9. The maximum atomic E-state index is 12.3. The van der Waals surface area contributed by atoms with Crippen molar-refractivity contribution in [3.05, 3.63) is 0 Å². The first-order chi connectivity index (χ1) is 9.79. The number of carbonyl (C=O) groups is 1. The maximum Gasteiger partial charge on any atom is 0.222 e. The molecule has 2 aliphatic rings. The average Bonchev–Trinajstić information content (AvgIpc) is 2.49. The second kappa shape index (κ2) is 8.66. The Kier molecular flexibility index (Phi) is 6.85. The van der Waals surface area contributed by atoms with Crippen molar-refractivity contribution in [2.45, 2.75) is 64.2 Å². The molecule has 0 aromatic rings. The number of hydrogen-bond donors (Lipinski definition) is 1. The van der Waals surface area contributed by atoms with Crippen LogP contribution in [-0.4, -0.2) is 37.5 Å². The van der Waals surface area contributed by atoms with Crippen LogP contribution in [0, 0.1) is 11.8 Å². The van der Waals surface area contributed by atoms with E-state index in [2.05, 4.69) is 10.2 Å². The van der Waals surface area contributed by atoms with Crippen LogP contribution in [0.25, 0.3) is 0 Å². The molecule has 2 rings (SSSR count). The number of hydrogen-bond acceptors (Lipinski definition) is 2. The van der Waals surface area contributed by atoms with Crippen molar-refractivity contribution in [2.75, 3.05) is 26.7 Å². The summed E-state index contributed by atoms with van der Waals surface area (Å²) in [6.07, 6.45) is 12.7. The highest BCUT2D eigenvalue weighted by Gasteiger charge is 2.23. The lowest BCUT2D eigenvalue weighted by Gasteiger charge is -2.33. The molecule has 1 amide bonds. The zero-order chi connectivity index (χ0) is 14.2. The first-order valence-corrected chi connectivity index (χ1v) is 8.72. The zero-order valence-electron chi connectivity index (χ0n) is 13.2. The summed E-state index contributed by atoms with van der Waals surface area (Å²) in [7, 11) is 2.00. The van der Waals surface area contributed by atoms with Crippen LogP contribution in [0.5, 0.6) is 0 Å². The van der Waals surface area contributed by atoms with Crippen molar-refractivity contribution in [3.8, 4) is 0 Å². The summed E-state index contributed by atoms with van der Waals surface area (Å²) in [4.78, 5) is 14.4. The molecule has 0 spiro atoms. The fourth-order valence-corrected chi connectivity index (χ4v) is 3.92. The minimum atomic E-state index is 0.404. The molecule has 0 aromatic heterocycles. The molecule has 1 aliphatic carbocycles. The van der Waals surface area contributed by atoms with Gasteiger partial charge >= 0.3 is 0 Å². The summed E-state index contributed by atoms with van der Waals surface area (Å²) in [5.41, 5.74) is 0. The molecule has 3 nitrogen and oxygen atoms in total. The van der Waals surface area contributed by atoms with Crippen LogP contribution >= 0.6 is 0 Å². The number of nitrogens with one attached hydrogen (secondary N) is 1. The van der Waals surface area contributed by atoms with Crippen molar-refractivity contribution in [1.82, 2.24) is 10.2 Å². The third kappa shape index (κ3) is 5.08. The van der Waals surface area contributed by atoms with E-state index in [0.29, 0.717) is 11.8 Å². The van der Waals surface area contributed by atoms with Crippen LogP contribution in [0.1, 0.15) is 64.2 Å². The number of amides is 1. The Hall–Kier alpha value is -0.570. The van der Waals surface area contributed by atoms with E-state index in [4.69, 9.17) is 0 Å². The molecule has 0 bridgehead atoms. The van der Waals surface area contributed by atoms with Crippen molar-refractivity contribution >= 4 is 5.91 Å². The van der Waals surface area contributed by atoms with Crippen molar-refractivity contribution in [2.24, 2.45) is 11.8 Å². The standard InChI is InChI=1S/C17H32N2O/c1-18-13-16-10-6-12-19(14-16)17(20)11-5-9-15-7-3-2-4-8-15/h15-16,18H,2-14H2,1H3. The zero-order valence-corrected chi connectivity index (χ0v) is 13.2. The molecule has 1 heterocycles. The second-order valence-electron chi connectivity index (χ2n) is 6.80. The van der Waals surface area contributed by atoms with Gasteiger partial charge in [-0.15, -0.1) is 0 Å². The minimum Gasteiger partial charge on any atom is -0.342 e. The van der Waals surface area contributed by atoms with Crippen LogP contribution in [-0.2, 0) is 4.79 Å². The molecule has 116 valence electrons. The van der Waals surface area contributed by atoms with E-state index < -0.39 is 0 Å². The van der Waals surface area contributed by atoms with Gasteiger partial charge in [0.05, 0.1) is 0 Å². The van der Waals surface area contributed by atoms with Gasteiger partial charge in [-0.05, 0) is 51.1 Å². The minimum absolute atomic E-state index is 0.404. The van der Waals surface area contributed by atoms with E-state index in [0.717, 1.165) is 38.4 Å². The van der Waals surface area contributed by atoms with Crippen molar-refractivity contribution < 1.29 is 4.79 Å². The molecule has 1 saturated carbocycles. The molecular formula is C17H32N2O. The topological polar surface area (TPSA) is 32.3 Å². The Labute approximate surface area is 124 Å². The van der Waals surface area contributed by atoms with E-state index >= 15 is 0 Å². The van der Waals surface area contributed by atoms with Crippen LogP contribution in [0.2, 0.25) is 0 Å². The van der Waals surface area contributed by atoms with Gasteiger partial charge in [-0.1, -0.05) is 32.1 Å². The second-order valence-corrected chi connectivity index (χ2v) is 6.80. The number of rotatable bonds is 6. The molecule has 1 atom stereocenters. The lowest BCUT2D eigenvalue weighted by Crippen LogP contribution is -2.42. The van der Waals surface area contributed by atoms with E-state index in [1.54, 1.807) is 0 Å². The predicted octanol–water partition coefficient (Wildman–Crippen LogP) is 3.20. The Bertz CT molecular complexity index is 285. The van der Waals surface area contributed by atoms with Gasteiger partial charge in [0.15, 0.2) is 0 Å². The third-order valence-electron chi connectivity index (χ3n) is 5.09.